The summed E-state index contributed by atoms with van der Waals surface area (Å²) in [6.45, 7) is 0. The van der Waals surface area contributed by atoms with E-state index in [0.29, 0.717) is 23.0 Å². The number of fused-ring (bicyclic) bond motifs is 4. The van der Waals surface area contributed by atoms with E-state index in [4.69, 9.17) is 9.47 Å². The highest BCUT2D eigenvalue weighted by molar-refractivity contribution is 6.11. The highest BCUT2D eigenvalue weighted by Gasteiger charge is 2.22. The third kappa shape index (κ3) is 6.82. The minimum atomic E-state index is -1.02. The summed E-state index contributed by atoms with van der Waals surface area (Å²) in [6.07, 6.45) is 0. The topological polar surface area (TPSA) is 93.1 Å². The SMILES string of the molecule is O=C(O)c1ccc(Oc2ccc3cc(-c4ccc5ccccc5c4)ccc3c2-c2c(Oc3ccc(C(=O)O)cc3)ccc3cc(-c4ccc5ccccc5c4)ccc23)cc1. The molecule has 0 atom stereocenters. The number of carbonyl (C=O) groups is 2. The van der Waals surface area contributed by atoms with E-state index in [9.17, 15) is 19.8 Å². The molecule has 0 unspecified atom stereocenters. The lowest BCUT2D eigenvalue weighted by Gasteiger charge is -2.20. The first-order valence-electron chi connectivity index (χ1n) is 19.5. The van der Waals surface area contributed by atoms with E-state index in [-0.39, 0.29) is 11.1 Å². The van der Waals surface area contributed by atoms with E-state index < -0.39 is 11.9 Å². The van der Waals surface area contributed by atoms with E-state index >= 15 is 0 Å². The molecule has 0 spiro atoms. The number of carboxylic acid groups (broad SMARTS) is 2. The van der Waals surface area contributed by atoms with Gasteiger partial charge in [-0.3, -0.25) is 0 Å². The summed E-state index contributed by atoms with van der Waals surface area (Å²) in [6, 6.07) is 63.1. The van der Waals surface area contributed by atoms with Crippen LogP contribution in [0.15, 0.2) is 194 Å². The second-order valence-corrected chi connectivity index (χ2v) is 14.7. The Balaban J connectivity index is 1.19. The van der Waals surface area contributed by atoms with Gasteiger partial charge in [-0.1, -0.05) is 109 Å². The molecule has 10 rings (SSSR count). The summed E-state index contributed by atoms with van der Waals surface area (Å²) >= 11 is 0. The van der Waals surface area contributed by atoms with Gasteiger partial charge < -0.3 is 19.7 Å². The van der Waals surface area contributed by atoms with Crippen molar-refractivity contribution in [1.29, 1.82) is 0 Å². The predicted octanol–water partition coefficient (Wildman–Crippen LogP) is 14.3. The van der Waals surface area contributed by atoms with Crippen molar-refractivity contribution >= 4 is 55.0 Å². The first kappa shape index (κ1) is 36.1. The van der Waals surface area contributed by atoms with Crippen LogP contribution in [-0.4, -0.2) is 22.2 Å². The van der Waals surface area contributed by atoms with E-state index in [0.717, 1.165) is 65.7 Å². The van der Waals surface area contributed by atoms with Gasteiger partial charge in [0.2, 0.25) is 0 Å². The van der Waals surface area contributed by atoms with E-state index in [2.05, 4.69) is 97.1 Å². The van der Waals surface area contributed by atoms with Gasteiger partial charge in [-0.2, -0.15) is 0 Å². The van der Waals surface area contributed by atoms with Gasteiger partial charge in [0.25, 0.3) is 0 Å². The molecule has 0 fully saturated rings. The molecule has 0 amide bonds. The molecule has 6 heteroatoms. The quantitative estimate of drug-likeness (QED) is 0.152. The second kappa shape index (κ2) is 14.9. The van der Waals surface area contributed by atoms with Gasteiger partial charge in [0.1, 0.15) is 23.0 Å². The lowest BCUT2D eigenvalue weighted by atomic mass is 9.89. The maximum Gasteiger partial charge on any atom is 0.335 e. The van der Waals surface area contributed by atoms with Crippen molar-refractivity contribution in [3.63, 3.8) is 0 Å². The molecule has 0 heterocycles. The Labute approximate surface area is 344 Å². The normalized spacial score (nSPS) is 11.3. The van der Waals surface area contributed by atoms with Crippen LogP contribution in [0, 0.1) is 0 Å². The minimum Gasteiger partial charge on any atom is -0.478 e. The Morgan fingerprint density at radius 2 is 0.667 bits per heavy atom. The Bertz CT molecular complexity index is 3090. The fourth-order valence-corrected chi connectivity index (χ4v) is 7.99. The minimum absolute atomic E-state index is 0.156. The molecular weight excluding hydrogens is 745 g/mol. The number of aromatic carboxylic acids is 2. The third-order valence-corrected chi connectivity index (χ3v) is 11.0. The maximum atomic E-state index is 11.7. The van der Waals surface area contributed by atoms with Gasteiger partial charge in [0.15, 0.2) is 0 Å². The molecule has 60 heavy (non-hydrogen) atoms. The molecule has 6 nitrogen and oxygen atoms in total. The van der Waals surface area contributed by atoms with Crippen LogP contribution >= 0.6 is 0 Å². The maximum absolute atomic E-state index is 11.7. The van der Waals surface area contributed by atoms with Gasteiger partial charge >= 0.3 is 11.9 Å². The molecule has 0 aliphatic heterocycles. The molecule has 0 saturated heterocycles. The molecule has 10 aromatic rings. The summed E-state index contributed by atoms with van der Waals surface area (Å²) in [7, 11) is 0. The van der Waals surface area contributed by atoms with Crippen molar-refractivity contribution in [2.75, 3.05) is 0 Å². The Kier molecular flexibility index (Phi) is 9.00. The van der Waals surface area contributed by atoms with Crippen molar-refractivity contribution in [1.82, 2.24) is 0 Å². The lowest BCUT2D eigenvalue weighted by molar-refractivity contribution is 0.0686. The van der Waals surface area contributed by atoms with Crippen LogP contribution in [0.25, 0.3) is 76.5 Å². The fourth-order valence-electron chi connectivity index (χ4n) is 7.99. The highest BCUT2D eigenvalue weighted by Crippen LogP contribution is 2.49. The Morgan fingerprint density at radius 1 is 0.333 bits per heavy atom. The first-order valence-corrected chi connectivity index (χ1v) is 19.5. The summed E-state index contributed by atoms with van der Waals surface area (Å²) in [5.41, 5.74) is 6.18. The molecule has 286 valence electrons. The number of hydrogen-bond donors (Lipinski definition) is 2. The Morgan fingerprint density at radius 3 is 1.05 bits per heavy atom. The van der Waals surface area contributed by atoms with Gasteiger partial charge in [0.05, 0.1) is 11.1 Å². The smallest absolute Gasteiger partial charge is 0.335 e. The summed E-state index contributed by atoms with van der Waals surface area (Å²) in [5.74, 6) is -0.0143. The average Bonchev–Trinajstić information content (AvgIpc) is 3.29. The standard InChI is InChI=1S/C54H34O6/c55-53(56)35-13-21-45(22-14-35)59-49-27-19-43-31-41(39-11-9-33-5-1-3-7-37(33)29-39)17-25-47(43)51(49)52-48-26-18-42(40-12-10-34-6-2-4-8-38(34)30-40)32-44(48)20-28-50(52)60-46-23-15-36(16-24-46)54(57)58/h1-32H,(H,55,56)(H,57,58). The van der Waals surface area contributed by atoms with Crippen LogP contribution in [0.2, 0.25) is 0 Å². The largest absolute Gasteiger partial charge is 0.478 e. The number of rotatable bonds is 9. The van der Waals surface area contributed by atoms with Crippen LogP contribution in [0.3, 0.4) is 0 Å². The Hall–Kier alpha value is -8.22. The van der Waals surface area contributed by atoms with E-state index in [1.54, 1.807) is 24.3 Å². The molecule has 0 saturated carbocycles. The zero-order chi connectivity index (χ0) is 40.7. The van der Waals surface area contributed by atoms with E-state index in [1.165, 1.54) is 35.0 Å². The number of benzene rings is 10. The highest BCUT2D eigenvalue weighted by atomic mass is 16.5. The van der Waals surface area contributed by atoms with Crippen LogP contribution in [0.1, 0.15) is 20.7 Å². The molecule has 0 aliphatic rings. The molecular formula is C54H34O6. The van der Waals surface area contributed by atoms with Gasteiger partial charge in [-0.25, -0.2) is 9.59 Å². The molecule has 10 aromatic carbocycles. The van der Waals surface area contributed by atoms with Crippen molar-refractivity contribution in [2.24, 2.45) is 0 Å². The van der Waals surface area contributed by atoms with Crippen LogP contribution in [0.5, 0.6) is 23.0 Å². The van der Waals surface area contributed by atoms with Gasteiger partial charge in [0, 0.05) is 11.1 Å². The summed E-state index contributed by atoms with van der Waals surface area (Å²) in [4.78, 5) is 23.4. The second-order valence-electron chi connectivity index (χ2n) is 14.7. The molecule has 0 aliphatic carbocycles. The predicted molar refractivity (Wildman–Crippen MR) is 240 cm³/mol. The summed E-state index contributed by atoms with van der Waals surface area (Å²) in [5, 5.41) is 27.6. The van der Waals surface area contributed by atoms with Crippen molar-refractivity contribution < 1.29 is 29.3 Å². The number of carboxylic acids is 2. The number of ether oxygens (including phenoxy) is 2. The third-order valence-electron chi connectivity index (χ3n) is 11.0. The van der Waals surface area contributed by atoms with Crippen molar-refractivity contribution in [2.45, 2.75) is 0 Å². The van der Waals surface area contributed by atoms with Crippen molar-refractivity contribution in [3.8, 4) is 56.4 Å². The summed E-state index contributed by atoms with van der Waals surface area (Å²) < 4.78 is 13.4. The van der Waals surface area contributed by atoms with Crippen LogP contribution in [0.4, 0.5) is 0 Å². The van der Waals surface area contributed by atoms with Crippen LogP contribution < -0.4 is 9.47 Å². The zero-order valence-electron chi connectivity index (χ0n) is 32.0. The number of hydrogen-bond acceptors (Lipinski definition) is 4. The molecule has 0 bridgehead atoms. The van der Waals surface area contributed by atoms with E-state index in [1.807, 2.05) is 48.5 Å². The lowest BCUT2D eigenvalue weighted by Crippen LogP contribution is -1.98. The average molecular weight is 779 g/mol. The zero-order valence-corrected chi connectivity index (χ0v) is 32.0. The van der Waals surface area contributed by atoms with Crippen molar-refractivity contribution in [3.05, 3.63) is 205 Å². The monoisotopic (exact) mass is 778 g/mol. The first-order chi connectivity index (χ1) is 29.3. The molecule has 0 radical (unpaired) electrons. The van der Waals surface area contributed by atoms with Gasteiger partial charge in [-0.15, -0.1) is 0 Å². The van der Waals surface area contributed by atoms with Gasteiger partial charge in [-0.05, 0) is 150 Å². The molecule has 0 aromatic heterocycles. The fraction of sp³-hybridized carbons (Fsp3) is 0. The molecule has 2 N–H and O–H groups in total. The van der Waals surface area contributed by atoms with Crippen LogP contribution in [-0.2, 0) is 0 Å².